The third kappa shape index (κ3) is 9.89. The number of hydrogen-bond acceptors (Lipinski definition) is 4. The van der Waals surface area contributed by atoms with Crippen molar-refractivity contribution in [1.82, 2.24) is 0 Å². The molecule has 0 radical (unpaired) electrons. The van der Waals surface area contributed by atoms with Gasteiger partial charge in [0.25, 0.3) is 0 Å². The fourth-order valence-corrected chi connectivity index (χ4v) is 2.65. The van der Waals surface area contributed by atoms with Crippen molar-refractivity contribution < 1.29 is 54.2 Å². The number of hydrogen-bond donors (Lipinski definition) is 0. The van der Waals surface area contributed by atoms with Gasteiger partial charge in [-0.25, -0.2) is 8.78 Å². The van der Waals surface area contributed by atoms with Crippen LogP contribution in [0.1, 0.15) is 78.1 Å². The summed E-state index contributed by atoms with van der Waals surface area (Å²) in [6.07, 6.45) is 0.449. The second kappa shape index (κ2) is 13.8. The zero-order valence-corrected chi connectivity index (χ0v) is 18.1. The summed E-state index contributed by atoms with van der Waals surface area (Å²) in [5, 5.41) is 0. The van der Waals surface area contributed by atoms with Gasteiger partial charge in [-0.2, -0.15) is 26.3 Å². The molecule has 0 N–H and O–H groups in total. The van der Waals surface area contributed by atoms with Gasteiger partial charge < -0.3 is 9.47 Å². The van der Waals surface area contributed by atoms with Crippen molar-refractivity contribution >= 4 is 11.9 Å². The highest BCUT2D eigenvalue weighted by molar-refractivity contribution is 5.72. The van der Waals surface area contributed by atoms with Crippen LogP contribution in [0, 0.1) is 0 Å². The number of unbranched alkanes of at least 4 members (excludes halogenated alkanes) is 5. The predicted molar refractivity (Wildman–Crippen MR) is 99.2 cm³/mol. The van der Waals surface area contributed by atoms with E-state index < -0.39 is 49.2 Å². The number of carbonyl (C=O) groups is 2. The lowest BCUT2D eigenvalue weighted by molar-refractivity contribution is -0.344. The Morgan fingerprint density at radius 1 is 0.812 bits per heavy atom. The Morgan fingerprint density at radius 3 is 1.91 bits per heavy atom. The second-order valence-corrected chi connectivity index (χ2v) is 7.57. The number of ether oxygens (including phenoxy) is 2. The summed E-state index contributed by atoms with van der Waals surface area (Å²) >= 11 is 0. The molecule has 12 heteroatoms. The van der Waals surface area contributed by atoms with Crippen molar-refractivity contribution in [2.75, 3.05) is 6.61 Å². The highest BCUT2D eigenvalue weighted by atomic mass is 19.4. The normalized spacial score (nSPS) is 13.8. The van der Waals surface area contributed by atoms with Crippen LogP contribution in [-0.2, 0) is 19.1 Å². The van der Waals surface area contributed by atoms with Gasteiger partial charge in [0.1, 0.15) is 0 Å². The van der Waals surface area contributed by atoms with Crippen molar-refractivity contribution in [3.8, 4) is 0 Å². The van der Waals surface area contributed by atoms with E-state index in [0.717, 1.165) is 38.5 Å². The van der Waals surface area contributed by atoms with Gasteiger partial charge in [0, 0.05) is 12.8 Å². The Bertz CT molecular complexity index is 570. The molecule has 0 rings (SSSR count). The second-order valence-electron chi connectivity index (χ2n) is 7.57. The lowest BCUT2D eigenvalue weighted by Gasteiger charge is -2.31. The zero-order chi connectivity index (χ0) is 25.0. The number of halogens is 8. The largest absolute Gasteiger partial charge is 0.463 e. The highest BCUT2D eigenvalue weighted by Crippen LogP contribution is 2.48. The fraction of sp³-hybridized carbons (Fsp3) is 0.900. The summed E-state index contributed by atoms with van der Waals surface area (Å²) in [6.45, 7) is 1.28. The first-order chi connectivity index (χ1) is 14.7. The number of alkyl halides is 8. The molecule has 0 aliphatic heterocycles. The van der Waals surface area contributed by atoms with Gasteiger partial charge in [-0.05, 0) is 26.2 Å². The van der Waals surface area contributed by atoms with Crippen LogP contribution in [0.3, 0.4) is 0 Å². The van der Waals surface area contributed by atoms with Gasteiger partial charge in [-0.3, -0.25) is 9.59 Å². The predicted octanol–water partition coefficient (Wildman–Crippen LogP) is 6.55. The maximum absolute atomic E-state index is 13.3. The minimum absolute atomic E-state index is 0.226. The summed E-state index contributed by atoms with van der Waals surface area (Å²) in [5.41, 5.74) is 0. The molecule has 0 spiro atoms. The molecule has 1 atom stereocenters. The molecule has 0 aliphatic carbocycles. The van der Waals surface area contributed by atoms with E-state index in [0.29, 0.717) is 6.42 Å². The molecule has 190 valence electrons. The number of esters is 2. The van der Waals surface area contributed by atoms with Crippen LogP contribution in [-0.4, -0.2) is 48.8 Å². The van der Waals surface area contributed by atoms with Gasteiger partial charge >= 0.3 is 36.1 Å². The molecule has 32 heavy (non-hydrogen) atoms. The molecule has 0 fully saturated rings. The van der Waals surface area contributed by atoms with E-state index in [4.69, 9.17) is 4.74 Å². The van der Waals surface area contributed by atoms with Gasteiger partial charge in [-0.1, -0.05) is 39.0 Å². The molecule has 0 aromatic heterocycles. The van der Waals surface area contributed by atoms with E-state index in [2.05, 4.69) is 11.7 Å². The molecule has 0 amide bonds. The molecular weight excluding hydrogens is 456 g/mol. The molecular formula is C20H30F8O4. The maximum Gasteiger partial charge on any atom is 0.381 e. The molecule has 0 bridgehead atoms. The van der Waals surface area contributed by atoms with Crippen LogP contribution in [0.5, 0.6) is 0 Å². The molecule has 1 unspecified atom stereocenters. The molecule has 0 aromatic rings. The Kier molecular flexibility index (Phi) is 13.1. The van der Waals surface area contributed by atoms with Crippen molar-refractivity contribution in [1.29, 1.82) is 0 Å². The first-order valence-electron chi connectivity index (χ1n) is 10.5. The van der Waals surface area contributed by atoms with Crippen LogP contribution in [0.15, 0.2) is 0 Å². The fourth-order valence-electron chi connectivity index (χ4n) is 2.65. The van der Waals surface area contributed by atoms with Crippen LogP contribution in [0.2, 0.25) is 0 Å². The summed E-state index contributed by atoms with van der Waals surface area (Å²) in [7, 11) is 0. The number of rotatable bonds is 17. The van der Waals surface area contributed by atoms with Crippen molar-refractivity contribution in [3.63, 3.8) is 0 Å². The van der Waals surface area contributed by atoms with E-state index >= 15 is 0 Å². The summed E-state index contributed by atoms with van der Waals surface area (Å²) < 4.78 is 111. The SMILES string of the molecule is CCCCCCCCC(C)OC(=O)CCCC(=O)OCC(F)(F)C(F)(F)C(F)(F)C(F)F. The lowest BCUT2D eigenvalue weighted by atomic mass is 10.1. The van der Waals surface area contributed by atoms with Gasteiger partial charge in [0.05, 0.1) is 6.10 Å². The standard InChI is InChI=1S/C20H30F8O4/c1-3-4-5-6-7-8-10-14(2)32-16(30)12-9-11-15(29)31-13-18(23,24)20(27,28)19(25,26)17(21)22/h14,17H,3-13H2,1-2H3. The minimum Gasteiger partial charge on any atom is -0.463 e. The van der Waals surface area contributed by atoms with Crippen LogP contribution < -0.4 is 0 Å². The van der Waals surface area contributed by atoms with Crippen LogP contribution >= 0.6 is 0 Å². The third-order valence-corrected chi connectivity index (χ3v) is 4.63. The Morgan fingerprint density at radius 2 is 1.34 bits per heavy atom. The maximum atomic E-state index is 13.3. The van der Waals surface area contributed by atoms with Crippen LogP contribution in [0.25, 0.3) is 0 Å². The van der Waals surface area contributed by atoms with Crippen molar-refractivity contribution in [2.24, 2.45) is 0 Å². The summed E-state index contributed by atoms with van der Waals surface area (Å²) in [4.78, 5) is 23.0. The van der Waals surface area contributed by atoms with E-state index in [1.807, 2.05) is 0 Å². The Hall–Kier alpha value is -1.62. The van der Waals surface area contributed by atoms with E-state index in [1.54, 1.807) is 6.92 Å². The summed E-state index contributed by atoms with van der Waals surface area (Å²) in [5.74, 6) is -20.6. The topological polar surface area (TPSA) is 52.6 Å². The average Bonchev–Trinajstić information content (AvgIpc) is 2.68. The first-order valence-corrected chi connectivity index (χ1v) is 10.5. The number of carbonyl (C=O) groups excluding carboxylic acids is 2. The Balaban J connectivity index is 4.23. The van der Waals surface area contributed by atoms with E-state index in [-0.39, 0.29) is 18.9 Å². The molecule has 0 saturated heterocycles. The van der Waals surface area contributed by atoms with Gasteiger partial charge in [0.15, 0.2) is 6.61 Å². The van der Waals surface area contributed by atoms with E-state index in [1.165, 1.54) is 0 Å². The van der Waals surface area contributed by atoms with Gasteiger partial charge in [-0.15, -0.1) is 0 Å². The monoisotopic (exact) mass is 486 g/mol. The molecule has 0 aliphatic rings. The van der Waals surface area contributed by atoms with Crippen molar-refractivity contribution in [2.45, 2.75) is 108 Å². The smallest absolute Gasteiger partial charge is 0.381 e. The van der Waals surface area contributed by atoms with E-state index in [9.17, 15) is 44.7 Å². The molecule has 0 saturated carbocycles. The highest BCUT2D eigenvalue weighted by Gasteiger charge is 2.75. The quantitative estimate of drug-likeness (QED) is 0.133. The Labute approximate surface area is 182 Å². The third-order valence-electron chi connectivity index (χ3n) is 4.63. The first kappa shape index (κ1) is 30.4. The van der Waals surface area contributed by atoms with Gasteiger partial charge in [0.2, 0.25) is 0 Å². The zero-order valence-electron chi connectivity index (χ0n) is 18.1. The molecule has 4 nitrogen and oxygen atoms in total. The lowest BCUT2D eigenvalue weighted by Crippen LogP contribution is -2.59. The van der Waals surface area contributed by atoms with Crippen LogP contribution in [0.4, 0.5) is 35.1 Å². The molecule has 0 aromatic carbocycles. The average molecular weight is 486 g/mol. The molecule has 0 heterocycles. The minimum atomic E-state index is -6.44. The van der Waals surface area contributed by atoms with Crippen molar-refractivity contribution in [3.05, 3.63) is 0 Å². The summed E-state index contributed by atoms with van der Waals surface area (Å²) in [6, 6.07) is 0.